The number of nitrogens with one attached hydrogen (secondary N) is 2. The molecular weight excluding hydrogens is 260 g/mol. The number of anilines is 1. The molecule has 0 atom stereocenters. The van der Waals surface area contributed by atoms with Crippen LogP contribution in [0, 0.1) is 0 Å². The smallest absolute Gasteiger partial charge is 0.225 e. The van der Waals surface area contributed by atoms with Crippen LogP contribution < -0.4 is 10.6 Å². The molecule has 0 saturated heterocycles. The largest absolute Gasteiger partial charge is 0.326 e. The summed E-state index contributed by atoms with van der Waals surface area (Å²) in [6.45, 7) is 1.65. The molecule has 0 saturated carbocycles. The molecule has 0 spiro atoms. The van der Waals surface area contributed by atoms with Gasteiger partial charge in [0.1, 0.15) is 0 Å². The molecule has 0 aromatic heterocycles. The van der Waals surface area contributed by atoms with Gasteiger partial charge in [-0.1, -0.05) is 48.5 Å². The van der Waals surface area contributed by atoms with Crippen LogP contribution in [0.25, 0.3) is 0 Å². The third-order valence-corrected chi connectivity index (χ3v) is 3.25. The maximum Gasteiger partial charge on any atom is 0.225 e. The van der Waals surface area contributed by atoms with E-state index in [0.29, 0.717) is 13.0 Å². The van der Waals surface area contributed by atoms with Gasteiger partial charge in [0, 0.05) is 18.7 Å². The molecule has 21 heavy (non-hydrogen) atoms. The van der Waals surface area contributed by atoms with E-state index < -0.39 is 0 Å². The minimum Gasteiger partial charge on any atom is -0.326 e. The lowest BCUT2D eigenvalue weighted by Gasteiger charge is -2.06. The van der Waals surface area contributed by atoms with Crippen molar-refractivity contribution in [3.05, 3.63) is 66.2 Å². The molecule has 0 bridgehead atoms. The molecule has 0 radical (unpaired) electrons. The van der Waals surface area contributed by atoms with Crippen molar-refractivity contribution in [1.82, 2.24) is 5.32 Å². The number of aryl methyl sites for hydroxylation is 1. The summed E-state index contributed by atoms with van der Waals surface area (Å²) in [5, 5.41) is 6.19. The third kappa shape index (κ3) is 6.23. The predicted molar refractivity (Wildman–Crippen MR) is 87.3 cm³/mol. The Morgan fingerprint density at radius 3 is 2.24 bits per heavy atom. The number of hydrogen-bond donors (Lipinski definition) is 2. The SMILES string of the molecule is O=C(CCNCCCc1ccccc1)Nc1ccccc1. The van der Waals surface area contributed by atoms with Crippen molar-refractivity contribution >= 4 is 11.6 Å². The number of amides is 1. The van der Waals surface area contributed by atoms with E-state index in [0.717, 1.165) is 25.1 Å². The van der Waals surface area contributed by atoms with Crippen LogP contribution in [0.4, 0.5) is 5.69 Å². The van der Waals surface area contributed by atoms with Crippen LogP contribution in [0.1, 0.15) is 18.4 Å². The van der Waals surface area contributed by atoms with Crippen molar-refractivity contribution in [2.45, 2.75) is 19.3 Å². The highest BCUT2D eigenvalue weighted by Gasteiger charge is 2.01. The summed E-state index contributed by atoms with van der Waals surface area (Å²) in [6.07, 6.45) is 2.66. The first-order chi connectivity index (χ1) is 10.3. The van der Waals surface area contributed by atoms with E-state index in [1.54, 1.807) is 0 Å². The topological polar surface area (TPSA) is 41.1 Å². The van der Waals surface area contributed by atoms with Gasteiger partial charge in [-0.2, -0.15) is 0 Å². The van der Waals surface area contributed by atoms with Gasteiger partial charge >= 0.3 is 0 Å². The van der Waals surface area contributed by atoms with Gasteiger partial charge in [0.25, 0.3) is 0 Å². The highest BCUT2D eigenvalue weighted by Crippen LogP contribution is 2.05. The van der Waals surface area contributed by atoms with Crippen LogP contribution in [-0.2, 0) is 11.2 Å². The molecule has 2 rings (SSSR count). The minimum atomic E-state index is 0.0526. The zero-order valence-corrected chi connectivity index (χ0v) is 12.2. The minimum absolute atomic E-state index is 0.0526. The molecule has 0 aliphatic carbocycles. The number of carbonyl (C=O) groups excluding carboxylic acids is 1. The van der Waals surface area contributed by atoms with Gasteiger partial charge < -0.3 is 10.6 Å². The van der Waals surface area contributed by atoms with E-state index in [-0.39, 0.29) is 5.91 Å². The van der Waals surface area contributed by atoms with Gasteiger partial charge in [0.2, 0.25) is 5.91 Å². The molecule has 3 nitrogen and oxygen atoms in total. The molecular formula is C18H22N2O. The van der Waals surface area contributed by atoms with Crippen LogP contribution >= 0.6 is 0 Å². The van der Waals surface area contributed by atoms with Crippen molar-refractivity contribution in [3.63, 3.8) is 0 Å². The monoisotopic (exact) mass is 282 g/mol. The van der Waals surface area contributed by atoms with E-state index >= 15 is 0 Å². The Bertz CT molecular complexity index is 525. The molecule has 0 heterocycles. The number of para-hydroxylation sites is 1. The lowest BCUT2D eigenvalue weighted by molar-refractivity contribution is -0.116. The second kappa shape index (κ2) is 8.93. The Morgan fingerprint density at radius 2 is 1.52 bits per heavy atom. The summed E-state index contributed by atoms with van der Waals surface area (Å²) in [4.78, 5) is 11.7. The van der Waals surface area contributed by atoms with Crippen LogP contribution in [0.15, 0.2) is 60.7 Å². The molecule has 2 aromatic rings. The first-order valence-electron chi connectivity index (χ1n) is 7.44. The average molecular weight is 282 g/mol. The molecule has 0 aliphatic heterocycles. The Balaban J connectivity index is 1.52. The molecule has 2 aromatic carbocycles. The molecule has 1 amide bonds. The first-order valence-corrected chi connectivity index (χ1v) is 7.44. The maximum absolute atomic E-state index is 11.7. The standard InChI is InChI=1S/C18H22N2O/c21-18(20-17-11-5-2-6-12-17)13-15-19-14-7-10-16-8-3-1-4-9-16/h1-6,8-9,11-12,19H,7,10,13-15H2,(H,20,21). The lowest BCUT2D eigenvalue weighted by Crippen LogP contribution is -2.22. The summed E-state index contributed by atoms with van der Waals surface area (Å²) in [6, 6.07) is 20.0. The van der Waals surface area contributed by atoms with Crippen molar-refractivity contribution in [3.8, 4) is 0 Å². The van der Waals surface area contributed by atoms with E-state index in [1.807, 2.05) is 36.4 Å². The van der Waals surface area contributed by atoms with E-state index in [2.05, 4.69) is 34.9 Å². The van der Waals surface area contributed by atoms with Crippen LogP contribution in [0.3, 0.4) is 0 Å². The van der Waals surface area contributed by atoms with Crippen molar-refractivity contribution in [2.24, 2.45) is 0 Å². The zero-order valence-electron chi connectivity index (χ0n) is 12.2. The second-order valence-electron chi connectivity index (χ2n) is 5.00. The fourth-order valence-corrected chi connectivity index (χ4v) is 2.13. The Labute approximate surface area is 126 Å². The zero-order chi connectivity index (χ0) is 14.8. The van der Waals surface area contributed by atoms with Crippen LogP contribution in [0.2, 0.25) is 0 Å². The van der Waals surface area contributed by atoms with Gasteiger partial charge in [-0.05, 0) is 37.1 Å². The fourth-order valence-electron chi connectivity index (χ4n) is 2.13. The van der Waals surface area contributed by atoms with Gasteiger partial charge in [-0.25, -0.2) is 0 Å². The Morgan fingerprint density at radius 1 is 0.857 bits per heavy atom. The van der Waals surface area contributed by atoms with Gasteiger partial charge in [-0.15, -0.1) is 0 Å². The van der Waals surface area contributed by atoms with Gasteiger partial charge in [0.05, 0.1) is 0 Å². The highest BCUT2D eigenvalue weighted by molar-refractivity contribution is 5.90. The molecule has 3 heteroatoms. The second-order valence-corrected chi connectivity index (χ2v) is 5.00. The van der Waals surface area contributed by atoms with E-state index in [4.69, 9.17) is 0 Å². The molecule has 110 valence electrons. The lowest BCUT2D eigenvalue weighted by atomic mass is 10.1. The Kier molecular flexibility index (Phi) is 6.49. The average Bonchev–Trinajstić information content (AvgIpc) is 2.53. The van der Waals surface area contributed by atoms with E-state index in [1.165, 1.54) is 5.56 Å². The van der Waals surface area contributed by atoms with Crippen molar-refractivity contribution in [1.29, 1.82) is 0 Å². The normalized spacial score (nSPS) is 10.3. The summed E-state index contributed by atoms with van der Waals surface area (Å²) in [5.41, 5.74) is 2.22. The maximum atomic E-state index is 11.7. The quantitative estimate of drug-likeness (QED) is 0.730. The number of hydrogen-bond acceptors (Lipinski definition) is 2. The number of carbonyl (C=O) groups is 1. The van der Waals surface area contributed by atoms with Crippen LogP contribution in [0.5, 0.6) is 0 Å². The summed E-state index contributed by atoms with van der Waals surface area (Å²) < 4.78 is 0. The van der Waals surface area contributed by atoms with Crippen molar-refractivity contribution in [2.75, 3.05) is 18.4 Å². The fraction of sp³-hybridized carbons (Fsp3) is 0.278. The van der Waals surface area contributed by atoms with Gasteiger partial charge in [0.15, 0.2) is 0 Å². The first kappa shape index (κ1) is 15.3. The predicted octanol–water partition coefficient (Wildman–Crippen LogP) is 3.24. The summed E-state index contributed by atoms with van der Waals surface area (Å²) in [5.74, 6) is 0.0526. The Hall–Kier alpha value is -2.13. The van der Waals surface area contributed by atoms with Crippen molar-refractivity contribution < 1.29 is 4.79 Å². The third-order valence-electron chi connectivity index (χ3n) is 3.25. The highest BCUT2D eigenvalue weighted by atomic mass is 16.1. The summed E-state index contributed by atoms with van der Waals surface area (Å²) in [7, 11) is 0. The summed E-state index contributed by atoms with van der Waals surface area (Å²) >= 11 is 0. The van der Waals surface area contributed by atoms with Gasteiger partial charge in [-0.3, -0.25) is 4.79 Å². The number of rotatable bonds is 8. The molecule has 0 aliphatic rings. The molecule has 2 N–H and O–H groups in total. The van der Waals surface area contributed by atoms with E-state index in [9.17, 15) is 4.79 Å². The molecule has 0 fully saturated rings. The van der Waals surface area contributed by atoms with Crippen LogP contribution in [-0.4, -0.2) is 19.0 Å². The number of benzene rings is 2. The molecule has 0 unspecified atom stereocenters.